The van der Waals surface area contributed by atoms with E-state index in [1.54, 1.807) is 23.5 Å². The van der Waals surface area contributed by atoms with Crippen LogP contribution in [0.4, 0.5) is 0 Å². The second-order valence-corrected chi connectivity index (χ2v) is 12.8. The Bertz CT molecular complexity index is 548. The number of nitrogens with one attached hydrogen (secondary N) is 1. The number of carbonyl (C=O) groups excluding carboxylic acids is 3. The number of rotatable bonds is 16. The van der Waals surface area contributed by atoms with Crippen molar-refractivity contribution in [2.75, 3.05) is 30.6 Å². The highest BCUT2D eigenvalue weighted by atomic mass is 32.2. The predicted octanol–water partition coefficient (Wildman–Crippen LogP) is 5.03. The van der Waals surface area contributed by atoms with E-state index >= 15 is 0 Å². The molecule has 1 heterocycles. The summed E-state index contributed by atoms with van der Waals surface area (Å²) in [6, 6.07) is -0.205. The summed E-state index contributed by atoms with van der Waals surface area (Å²) in [6.07, 6.45) is 11.4. The van der Waals surface area contributed by atoms with Crippen molar-refractivity contribution in [1.29, 1.82) is 0 Å². The topological polar surface area (TPSA) is 63.2 Å². The normalized spacial score (nSPS) is 18.6. The minimum atomic E-state index is -0.520. The summed E-state index contributed by atoms with van der Waals surface area (Å²) in [6.45, 7) is 6.94. The van der Waals surface area contributed by atoms with E-state index in [0.717, 1.165) is 49.9 Å². The van der Waals surface area contributed by atoms with Crippen LogP contribution < -0.4 is 5.32 Å². The smallest absolute Gasteiger partial charge is 0.151 e. The molecule has 1 aliphatic heterocycles. The Kier molecular flexibility index (Phi) is 13.3. The Labute approximate surface area is 196 Å². The molecule has 2 atom stereocenters. The standard InChI is InChI=1S/C23H41NO3S3/c1-6-7-10-19(26)21(22(2,3)28-4)24-13-8-9-18(17-25)20(27)16-23(29-5)11-14-30-15-12-23/h17-18,21,24H,6-16H2,1-5H3. The van der Waals surface area contributed by atoms with E-state index in [1.807, 2.05) is 18.0 Å². The van der Waals surface area contributed by atoms with Gasteiger partial charge in [0.2, 0.25) is 0 Å². The largest absolute Gasteiger partial charge is 0.306 e. The van der Waals surface area contributed by atoms with E-state index in [-0.39, 0.29) is 27.1 Å². The number of carbonyl (C=O) groups is 3. The summed E-state index contributed by atoms with van der Waals surface area (Å²) in [5.74, 6) is 2.03. The fourth-order valence-electron chi connectivity index (χ4n) is 3.88. The van der Waals surface area contributed by atoms with Crippen LogP contribution in [0.3, 0.4) is 0 Å². The maximum atomic E-state index is 12.8. The van der Waals surface area contributed by atoms with Crippen LogP contribution in [0.15, 0.2) is 0 Å². The van der Waals surface area contributed by atoms with Gasteiger partial charge in [0.15, 0.2) is 5.78 Å². The van der Waals surface area contributed by atoms with Crippen molar-refractivity contribution in [3.05, 3.63) is 0 Å². The van der Waals surface area contributed by atoms with Crippen molar-refractivity contribution in [1.82, 2.24) is 5.32 Å². The van der Waals surface area contributed by atoms with Crippen LogP contribution in [0.2, 0.25) is 0 Å². The molecular weight excluding hydrogens is 434 g/mol. The van der Waals surface area contributed by atoms with Gasteiger partial charge in [0.1, 0.15) is 12.1 Å². The Morgan fingerprint density at radius 1 is 1.17 bits per heavy atom. The van der Waals surface area contributed by atoms with Gasteiger partial charge >= 0.3 is 0 Å². The minimum Gasteiger partial charge on any atom is -0.306 e. The second kappa shape index (κ2) is 14.2. The van der Waals surface area contributed by atoms with Gasteiger partial charge in [0.25, 0.3) is 0 Å². The molecule has 1 saturated heterocycles. The first-order valence-corrected chi connectivity index (χ1v) is 14.8. The zero-order chi connectivity index (χ0) is 22.6. The Morgan fingerprint density at radius 3 is 2.37 bits per heavy atom. The van der Waals surface area contributed by atoms with Crippen LogP contribution >= 0.6 is 35.3 Å². The molecule has 0 aromatic rings. The maximum absolute atomic E-state index is 12.8. The molecule has 30 heavy (non-hydrogen) atoms. The molecule has 1 aliphatic rings. The Morgan fingerprint density at radius 2 is 1.83 bits per heavy atom. The van der Waals surface area contributed by atoms with Gasteiger partial charge in [-0.2, -0.15) is 35.3 Å². The van der Waals surface area contributed by atoms with Crippen LogP contribution in [0.25, 0.3) is 0 Å². The molecule has 0 bridgehead atoms. The fraction of sp³-hybridized carbons (Fsp3) is 0.870. The van der Waals surface area contributed by atoms with Gasteiger partial charge in [0.05, 0.1) is 12.0 Å². The van der Waals surface area contributed by atoms with Crippen LogP contribution in [0.5, 0.6) is 0 Å². The van der Waals surface area contributed by atoms with Crippen molar-refractivity contribution in [3.8, 4) is 0 Å². The third kappa shape index (κ3) is 8.87. The molecule has 0 spiro atoms. The molecule has 1 fully saturated rings. The first-order chi connectivity index (χ1) is 14.2. The lowest BCUT2D eigenvalue weighted by molar-refractivity contribution is -0.128. The first-order valence-electron chi connectivity index (χ1n) is 11.2. The molecule has 1 N–H and O–H groups in total. The highest BCUT2D eigenvalue weighted by Gasteiger charge is 2.36. The average molecular weight is 476 g/mol. The average Bonchev–Trinajstić information content (AvgIpc) is 2.74. The number of hydrogen-bond acceptors (Lipinski definition) is 7. The molecule has 0 aliphatic carbocycles. The van der Waals surface area contributed by atoms with Crippen LogP contribution in [0.1, 0.15) is 72.1 Å². The third-order valence-corrected chi connectivity index (χ3v) is 9.96. The second-order valence-electron chi connectivity index (χ2n) is 8.79. The molecule has 174 valence electrons. The van der Waals surface area contributed by atoms with Crippen LogP contribution in [-0.4, -0.2) is 64.0 Å². The van der Waals surface area contributed by atoms with E-state index < -0.39 is 5.92 Å². The number of unbranched alkanes of at least 4 members (excludes halogenated alkanes) is 1. The highest BCUT2D eigenvalue weighted by molar-refractivity contribution is 8.01. The van der Waals surface area contributed by atoms with Crippen molar-refractivity contribution in [2.45, 2.75) is 87.7 Å². The number of ketones is 2. The van der Waals surface area contributed by atoms with Crippen molar-refractivity contribution in [2.24, 2.45) is 5.92 Å². The summed E-state index contributed by atoms with van der Waals surface area (Å²) in [4.78, 5) is 37.2. The molecule has 2 unspecified atom stereocenters. The SMILES string of the molecule is CCCCC(=O)C(NCCCC(C=O)C(=O)CC1(SC)CCSCC1)C(C)(C)SC. The zero-order valence-electron chi connectivity index (χ0n) is 19.5. The predicted molar refractivity (Wildman–Crippen MR) is 135 cm³/mol. The molecule has 0 saturated carbocycles. The third-order valence-electron chi connectivity index (χ3n) is 6.27. The quantitative estimate of drug-likeness (QED) is 0.191. The lowest BCUT2D eigenvalue weighted by Crippen LogP contribution is -2.50. The molecule has 0 aromatic heterocycles. The van der Waals surface area contributed by atoms with Crippen molar-refractivity contribution >= 4 is 53.1 Å². The van der Waals surface area contributed by atoms with Gasteiger partial charge in [-0.3, -0.25) is 9.59 Å². The van der Waals surface area contributed by atoms with E-state index in [9.17, 15) is 14.4 Å². The molecule has 7 heteroatoms. The van der Waals surface area contributed by atoms with Crippen LogP contribution in [0, 0.1) is 5.92 Å². The number of hydrogen-bond donors (Lipinski definition) is 1. The van der Waals surface area contributed by atoms with Crippen molar-refractivity contribution < 1.29 is 14.4 Å². The van der Waals surface area contributed by atoms with Gasteiger partial charge in [-0.1, -0.05) is 13.3 Å². The molecule has 0 radical (unpaired) electrons. The lowest BCUT2D eigenvalue weighted by atomic mass is 9.88. The van der Waals surface area contributed by atoms with E-state index in [2.05, 4.69) is 32.3 Å². The van der Waals surface area contributed by atoms with Gasteiger partial charge < -0.3 is 10.1 Å². The molecule has 0 aromatic carbocycles. The monoisotopic (exact) mass is 475 g/mol. The van der Waals surface area contributed by atoms with Crippen LogP contribution in [-0.2, 0) is 14.4 Å². The highest BCUT2D eigenvalue weighted by Crippen LogP contribution is 2.41. The first kappa shape index (κ1) is 28.1. The van der Waals surface area contributed by atoms with Gasteiger partial charge in [-0.15, -0.1) is 0 Å². The molecule has 1 rings (SSSR count). The zero-order valence-corrected chi connectivity index (χ0v) is 21.9. The summed E-state index contributed by atoms with van der Waals surface area (Å²) >= 11 is 5.44. The summed E-state index contributed by atoms with van der Waals surface area (Å²) < 4.78 is -0.171. The minimum absolute atomic E-state index is 0.0149. The Hall–Kier alpha value is 0.0200. The van der Waals surface area contributed by atoms with E-state index in [0.29, 0.717) is 25.8 Å². The maximum Gasteiger partial charge on any atom is 0.151 e. The van der Waals surface area contributed by atoms with Gasteiger partial charge in [-0.25, -0.2) is 0 Å². The molecular formula is C23H41NO3S3. The van der Waals surface area contributed by atoms with Gasteiger partial charge in [-0.05, 0) is 76.5 Å². The Balaban J connectivity index is 2.57. The van der Waals surface area contributed by atoms with E-state index in [4.69, 9.17) is 0 Å². The number of Topliss-reactive ketones (excluding diaryl/α,β-unsaturated/α-hetero) is 2. The summed E-state index contributed by atoms with van der Waals surface area (Å²) in [5, 5.41) is 3.43. The number of aldehydes is 1. The molecule has 4 nitrogen and oxygen atoms in total. The van der Waals surface area contributed by atoms with Gasteiger partial charge in [0, 0.05) is 22.3 Å². The van der Waals surface area contributed by atoms with Crippen molar-refractivity contribution in [3.63, 3.8) is 0 Å². The molecule has 0 amide bonds. The lowest BCUT2D eigenvalue weighted by Gasteiger charge is -2.35. The number of thioether (sulfide) groups is 3. The fourth-order valence-corrected chi connectivity index (χ4v) is 6.76. The summed E-state index contributed by atoms with van der Waals surface area (Å²) in [7, 11) is 0. The van der Waals surface area contributed by atoms with E-state index in [1.165, 1.54) is 0 Å². The summed E-state index contributed by atoms with van der Waals surface area (Å²) in [5.41, 5.74) is 0.